The molecule has 1 N–H and O–H groups in total. The van der Waals surface area contributed by atoms with Crippen LogP contribution in [0, 0.1) is 11.3 Å². The summed E-state index contributed by atoms with van der Waals surface area (Å²) in [6.45, 7) is 4.20. The largest absolute Gasteiger partial charge is 0.374 e. The molecule has 148 valence electrons. The molecular weight excluding hydrogens is 356 g/mol. The molecule has 7 heteroatoms. The minimum atomic E-state index is -0.224. The van der Waals surface area contributed by atoms with E-state index in [0.29, 0.717) is 38.4 Å². The van der Waals surface area contributed by atoms with Gasteiger partial charge in [0, 0.05) is 24.8 Å². The SMILES string of the molecule is N#Cc1cc(CN2CC(CC(=O)N3CC4(C=CCO4)C3)OCC23CCC3)c[nH]1. The normalized spacial score (nSPS) is 27.5. The van der Waals surface area contributed by atoms with Gasteiger partial charge in [0.25, 0.3) is 0 Å². The van der Waals surface area contributed by atoms with Crippen LogP contribution in [0.2, 0.25) is 0 Å². The van der Waals surface area contributed by atoms with Gasteiger partial charge in [-0.2, -0.15) is 5.26 Å². The van der Waals surface area contributed by atoms with Crippen molar-refractivity contribution in [3.63, 3.8) is 0 Å². The summed E-state index contributed by atoms with van der Waals surface area (Å²) < 4.78 is 11.9. The Morgan fingerprint density at radius 1 is 1.39 bits per heavy atom. The summed E-state index contributed by atoms with van der Waals surface area (Å²) in [6, 6.07) is 4.06. The van der Waals surface area contributed by atoms with E-state index in [4.69, 9.17) is 14.7 Å². The smallest absolute Gasteiger partial charge is 0.225 e. The second-order valence-corrected chi connectivity index (χ2v) is 8.66. The zero-order valence-corrected chi connectivity index (χ0v) is 16.0. The van der Waals surface area contributed by atoms with Gasteiger partial charge in [-0.3, -0.25) is 9.69 Å². The van der Waals surface area contributed by atoms with Crippen LogP contribution in [0.1, 0.15) is 36.9 Å². The Balaban J connectivity index is 1.20. The van der Waals surface area contributed by atoms with Crippen LogP contribution in [-0.2, 0) is 20.8 Å². The highest BCUT2D eigenvalue weighted by Gasteiger charge is 2.49. The Kier molecular flexibility index (Phi) is 4.31. The first kappa shape index (κ1) is 17.9. The average Bonchev–Trinajstić information content (AvgIpc) is 3.28. The Morgan fingerprint density at radius 2 is 2.25 bits per heavy atom. The van der Waals surface area contributed by atoms with E-state index < -0.39 is 0 Å². The minimum Gasteiger partial charge on any atom is -0.374 e. The van der Waals surface area contributed by atoms with E-state index in [2.05, 4.69) is 22.0 Å². The molecule has 3 fully saturated rings. The lowest BCUT2D eigenvalue weighted by atomic mass is 9.74. The van der Waals surface area contributed by atoms with Crippen molar-refractivity contribution in [1.29, 1.82) is 5.26 Å². The summed E-state index contributed by atoms with van der Waals surface area (Å²) >= 11 is 0. The highest BCUT2D eigenvalue weighted by Crippen LogP contribution is 2.42. The number of aromatic amines is 1. The van der Waals surface area contributed by atoms with E-state index in [1.807, 2.05) is 23.2 Å². The summed E-state index contributed by atoms with van der Waals surface area (Å²) in [4.78, 5) is 20.1. The lowest BCUT2D eigenvalue weighted by molar-refractivity contribution is -0.168. The number of H-pyrrole nitrogens is 1. The van der Waals surface area contributed by atoms with Crippen molar-refractivity contribution in [3.8, 4) is 6.07 Å². The summed E-state index contributed by atoms with van der Waals surface area (Å²) in [7, 11) is 0. The van der Waals surface area contributed by atoms with Crippen LogP contribution in [0.3, 0.4) is 0 Å². The van der Waals surface area contributed by atoms with E-state index in [9.17, 15) is 4.79 Å². The van der Waals surface area contributed by atoms with Crippen molar-refractivity contribution >= 4 is 5.91 Å². The highest BCUT2D eigenvalue weighted by atomic mass is 16.5. The van der Waals surface area contributed by atoms with Crippen LogP contribution < -0.4 is 0 Å². The number of aromatic nitrogens is 1. The number of ether oxygens (including phenoxy) is 2. The number of rotatable bonds is 4. The van der Waals surface area contributed by atoms with E-state index in [1.165, 1.54) is 6.42 Å². The van der Waals surface area contributed by atoms with Crippen molar-refractivity contribution in [2.45, 2.75) is 49.5 Å². The molecule has 2 spiro atoms. The molecule has 0 aromatic carbocycles. The molecule has 4 heterocycles. The molecule has 0 radical (unpaired) electrons. The number of hydrogen-bond acceptors (Lipinski definition) is 5. The molecule has 5 rings (SSSR count). The van der Waals surface area contributed by atoms with Gasteiger partial charge in [-0.1, -0.05) is 12.2 Å². The lowest BCUT2D eigenvalue weighted by Gasteiger charge is -2.55. The number of carbonyl (C=O) groups excluding carboxylic acids is 1. The first-order valence-electron chi connectivity index (χ1n) is 10.1. The average molecular weight is 382 g/mol. The maximum absolute atomic E-state index is 12.7. The Hall–Kier alpha value is -2.14. The van der Waals surface area contributed by atoms with Gasteiger partial charge in [0.1, 0.15) is 17.4 Å². The Morgan fingerprint density at radius 3 is 2.89 bits per heavy atom. The summed E-state index contributed by atoms with van der Waals surface area (Å²) in [5, 5.41) is 9.05. The van der Waals surface area contributed by atoms with E-state index in [0.717, 1.165) is 31.5 Å². The molecule has 28 heavy (non-hydrogen) atoms. The number of amides is 1. The molecule has 1 aromatic rings. The number of nitrogens with one attached hydrogen (secondary N) is 1. The van der Waals surface area contributed by atoms with Gasteiger partial charge in [0.2, 0.25) is 5.91 Å². The topological polar surface area (TPSA) is 81.6 Å². The molecule has 1 unspecified atom stereocenters. The third-order valence-electron chi connectivity index (χ3n) is 6.76. The number of nitrogens with zero attached hydrogens (tertiary/aromatic N) is 3. The molecule has 4 aliphatic rings. The fraction of sp³-hybridized carbons (Fsp3) is 0.619. The number of morpholine rings is 1. The maximum atomic E-state index is 12.7. The van der Waals surface area contributed by atoms with Crippen molar-refractivity contribution in [2.75, 3.05) is 32.8 Å². The molecule has 3 aliphatic heterocycles. The number of nitriles is 1. The van der Waals surface area contributed by atoms with E-state index >= 15 is 0 Å². The Labute approximate surface area is 164 Å². The lowest BCUT2D eigenvalue weighted by Crippen LogP contribution is -2.65. The van der Waals surface area contributed by atoms with Crippen LogP contribution >= 0.6 is 0 Å². The zero-order valence-electron chi connectivity index (χ0n) is 16.0. The molecule has 1 aromatic heterocycles. The van der Waals surface area contributed by atoms with Crippen LogP contribution in [0.5, 0.6) is 0 Å². The standard InChI is InChI=1S/C21H26N4O3/c22-9-17-7-16(10-23-17)11-25-12-18(27-15-20(25)3-1-4-20)8-19(26)24-13-21(14-24)5-2-6-28-21/h2,5,7,10,18,23H,1,3-4,6,8,11-15H2. The third-order valence-corrected chi connectivity index (χ3v) is 6.76. The van der Waals surface area contributed by atoms with Crippen LogP contribution in [0.4, 0.5) is 0 Å². The van der Waals surface area contributed by atoms with Crippen LogP contribution in [-0.4, -0.2) is 70.8 Å². The molecule has 7 nitrogen and oxygen atoms in total. The third kappa shape index (κ3) is 3.06. The van der Waals surface area contributed by atoms with Crippen LogP contribution in [0.25, 0.3) is 0 Å². The van der Waals surface area contributed by atoms with Gasteiger partial charge in [0.15, 0.2) is 0 Å². The number of likely N-dealkylation sites (tertiary alicyclic amines) is 1. The Bertz CT molecular complexity index is 829. The summed E-state index contributed by atoms with van der Waals surface area (Å²) in [5.41, 5.74) is 1.59. The second-order valence-electron chi connectivity index (χ2n) is 8.66. The van der Waals surface area contributed by atoms with Gasteiger partial charge in [-0.05, 0) is 30.9 Å². The predicted molar refractivity (Wildman–Crippen MR) is 101 cm³/mol. The molecule has 1 amide bonds. The molecule has 2 saturated heterocycles. The number of carbonyl (C=O) groups is 1. The van der Waals surface area contributed by atoms with Gasteiger partial charge < -0.3 is 19.4 Å². The number of hydrogen-bond donors (Lipinski definition) is 1. The fourth-order valence-corrected chi connectivity index (χ4v) is 4.89. The molecular formula is C21H26N4O3. The zero-order chi connectivity index (χ0) is 19.2. The second kappa shape index (κ2) is 6.73. The maximum Gasteiger partial charge on any atom is 0.225 e. The molecule has 1 atom stereocenters. The van der Waals surface area contributed by atoms with Crippen molar-refractivity contribution in [3.05, 3.63) is 35.7 Å². The van der Waals surface area contributed by atoms with Gasteiger partial charge in [0.05, 0.1) is 38.8 Å². The highest BCUT2D eigenvalue weighted by molar-refractivity contribution is 5.78. The first-order valence-corrected chi connectivity index (χ1v) is 10.1. The van der Waals surface area contributed by atoms with Gasteiger partial charge >= 0.3 is 0 Å². The summed E-state index contributed by atoms with van der Waals surface area (Å²) in [5.74, 6) is 0.150. The van der Waals surface area contributed by atoms with Crippen molar-refractivity contribution in [2.24, 2.45) is 0 Å². The van der Waals surface area contributed by atoms with Crippen LogP contribution in [0.15, 0.2) is 24.4 Å². The van der Waals surface area contributed by atoms with Crippen molar-refractivity contribution < 1.29 is 14.3 Å². The molecule has 0 bridgehead atoms. The monoisotopic (exact) mass is 382 g/mol. The minimum absolute atomic E-state index is 0.0790. The molecule has 1 saturated carbocycles. The van der Waals surface area contributed by atoms with E-state index in [-0.39, 0.29) is 23.2 Å². The van der Waals surface area contributed by atoms with E-state index in [1.54, 1.807) is 0 Å². The summed E-state index contributed by atoms with van der Waals surface area (Å²) in [6.07, 6.45) is 9.87. The van der Waals surface area contributed by atoms with Gasteiger partial charge in [-0.15, -0.1) is 0 Å². The van der Waals surface area contributed by atoms with Crippen molar-refractivity contribution in [1.82, 2.24) is 14.8 Å². The fourth-order valence-electron chi connectivity index (χ4n) is 4.89. The molecule has 1 aliphatic carbocycles. The quantitative estimate of drug-likeness (QED) is 0.800. The first-order chi connectivity index (χ1) is 13.6. The van der Waals surface area contributed by atoms with Gasteiger partial charge in [-0.25, -0.2) is 0 Å². The predicted octanol–water partition coefficient (Wildman–Crippen LogP) is 1.57.